The summed E-state index contributed by atoms with van der Waals surface area (Å²) in [5.74, 6) is 0.196. The molecule has 1 aliphatic rings. The number of aromatic nitrogens is 2. The second kappa shape index (κ2) is 8.89. The fourth-order valence-corrected chi connectivity index (χ4v) is 4.94. The Kier molecular flexibility index (Phi) is 6.21. The van der Waals surface area contributed by atoms with Gasteiger partial charge in [-0.2, -0.15) is 0 Å². The van der Waals surface area contributed by atoms with E-state index in [0.717, 1.165) is 47.1 Å². The highest BCUT2D eigenvalue weighted by Gasteiger charge is 2.41. The normalized spacial score (nSPS) is 18.5. The number of aromatic hydroxyl groups is 1. The largest absolute Gasteiger partial charge is 0.506 e. The number of nitrogens with one attached hydrogen (secondary N) is 1. The molecule has 0 bridgehead atoms. The van der Waals surface area contributed by atoms with Crippen molar-refractivity contribution >= 4 is 28.9 Å². The molecule has 0 spiro atoms. The summed E-state index contributed by atoms with van der Waals surface area (Å²) in [7, 11) is 0. The van der Waals surface area contributed by atoms with Gasteiger partial charge in [-0.3, -0.25) is 4.98 Å². The third-order valence-electron chi connectivity index (χ3n) is 5.92. The third kappa shape index (κ3) is 4.02. The molecule has 3 heterocycles. The van der Waals surface area contributed by atoms with Crippen molar-refractivity contribution in [3.05, 3.63) is 76.3 Å². The minimum absolute atomic E-state index is 0.00947. The Balaban J connectivity index is 1.84. The number of unbranched alkanes of at least 4 members (excludes halogenated alkanes) is 1. The first-order valence-corrected chi connectivity index (χ1v) is 11.4. The lowest BCUT2D eigenvalue weighted by Gasteiger charge is -2.28. The Morgan fingerprint density at radius 1 is 1.19 bits per heavy atom. The third-order valence-corrected chi connectivity index (χ3v) is 6.51. The predicted octanol–water partition coefficient (Wildman–Crippen LogP) is 5.62. The smallest absolute Gasteiger partial charge is 0.170 e. The predicted molar refractivity (Wildman–Crippen MR) is 129 cm³/mol. The summed E-state index contributed by atoms with van der Waals surface area (Å²) < 4.78 is 2.06. The second-order valence-corrected chi connectivity index (χ2v) is 8.79. The highest BCUT2D eigenvalue weighted by Crippen LogP contribution is 2.42. The van der Waals surface area contributed by atoms with Crippen LogP contribution in [0, 0.1) is 13.8 Å². The van der Waals surface area contributed by atoms with E-state index in [1.807, 2.05) is 31.3 Å². The number of phenolic OH excluding ortho intramolecular Hbond substituents is 1. The van der Waals surface area contributed by atoms with E-state index >= 15 is 0 Å². The van der Waals surface area contributed by atoms with Crippen molar-refractivity contribution in [1.82, 2.24) is 19.8 Å². The van der Waals surface area contributed by atoms with Crippen LogP contribution in [-0.4, -0.2) is 31.2 Å². The lowest BCUT2D eigenvalue weighted by Crippen LogP contribution is -2.30. The average molecular weight is 455 g/mol. The highest BCUT2D eigenvalue weighted by atomic mass is 35.5. The molecule has 2 atom stereocenters. The van der Waals surface area contributed by atoms with Gasteiger partial charge in [0.05, 0.1) is 23.5 Å². The molecular weight excluding hydrogens is 428 g/mol. The van der Waals surface area contributed by atoms with Gasteiger partial charge in [-0.25, -0.2) is 0 Å². The van der Waals surface area contributed by atoms with Crippen molar-refractivity contribution in [2.24, 2.45) is 0 Å². The van der Waals surface area contributed by atoms with E-state index in [2.05, 4.69) is 39.7 Å². The maximum absolute atomic E-state index is 10.5. The van der Waals surface area contributed by atoms with Crippen LogP contribution < -0.4 is 5.32 Å². The number of phenols is 1. The van der Waals surface area contributed by atoms with Gasteiger partial charge >= 0.3 is 0 Å². The van der Waals surface area contributed by atoms with Gasteiger partial charge in [-0.05, 0) is 74.4 Å². The van der Waals surface area contributed by atoms with Crippen LogP contribution in [0.15, 0.2) is 48.7 Å². The molecule has 0 radical (unpaired) electrons. The fraction of sp³-hybridized carbons (Fsp3) is 0.333. The van der Waals surface area contributed by atoms with Crippen LogP contribution in [0.5, 0.6) is 5.75 Å². The molecule has 0 aliphatic carbocycles. The molecule has 31 heavy (non-hydrogen) atoms. The molecule has 1 saturated heterocycles. The first-order valence-electron chi connectivity index (χ1n) is 10.6. The Bertz CT molecular complexity index is 1100. The summed E-state index contributed by atoms with van der Waals surface area (Å²) in [6.45, 7) is 7.19. The van der Waals surface area contributed by atoms with Crippen molar-refractivity contribution in [1.29, 1.82) is 0 Å². The van der Waals surface area contributed by atoms with Gasteiger partial charge in [-0.1, -0.05) is 31.0 Å². The van der Waals surface area contributed by atoms with Crippen LogP contribution in [0.4, 0.5) is 0 Å². The molecule has 1 aliphatic heterocycles. The zero-order valence-electron chi connectivity index (χ0n) is 18.0. The van der Waals surface area contributed by atoms with Crippen molar-refractivity contribution in [2.75, 3.05) is 6.54 Å². The molecule has 5 nitrogen and oxygen atoms in total. The summed E-state index contributed by atoms with van der Waals surface area (Å²) in [6.07, 6.45) is 3.97. The van der Waals surface area contributed by atoms with Crippen molar-refractivity contribution < 1.29 is 5.11 Å². The monoisotopic (exact) mass is 454 g/mol. The summed E-state index contributed by atoms with van der Waals surface area (Å²) in [6, 6.07) is 13.2. The molecule has 162 valence electrons. The number of aryl methyl sites for hydroxylation is 1. The molecule has 1 aromatic carbocycles. The quantitative estimate of drug-likeness (QED) is 0.473. The number of rotatable bonds is 6. The molecule has 1 fully saturated rings. The van der Waals surface area contributed by atoms with Crippen LogP contribution in [0.2, 0.25) is 5.02 Å². The summed E-state index contributed by atoms with van der Waals surface area (Å²) in [5, 5.41) is 15.4. The number of nitrogens with zero attached hydrogens (tertiary/aromatic N) is 3. The summed E-state index contributed by atoms with van der Waals surface area (Å²) in [5.41, 5.74) is 4.88. The minimum atomic E-state index is -0.0486. The summed E-state index contributed by atoms with van der Waals surface area (Å²) in [4.78, 5) is 6.90. The molecule has 3 aromatic rings. The van der Waals surface area contributed by atoms with Crippen LogP contribution in [0.3, 0.4) is 0 Å². The lowest BCUT2D eigenvalue weighted by atomic mass is 9.96. The van der Waals surface area contributed by atoms with E-state index in [1.54, 1.807) is 18.2 Å². The zero-order chi connectivity index (χ0) is 22.1. The number of hydrogen-bond donors (Lipinski definition) is 2. The minimum Gasteiger partial charge on any atom is -0.506 e. The zero-order valence-corrected chi connectivity index (χ0v) is 19.5. The number of hydrogen-bond acceptors (Lipinski definition) is 3. The highest BCUT2D eigenvalue weighted by molar-refractivity contribution is 7.80. The molecular formula is C24H27ClN4OS. The fourth-order valence-electron chi connectivity index (χ4n) is 4.45. The number of halogens is 1. The topological polar surface area (TPSA) is 53.3 Å². The van der Waals surface area contributed by atoms with Crippen LogP contribution >= 0.6 is 23.8 Å². The maximum atomic E-state index is 10.5. The first kappa shape index (κ1) is 21.7. The van der Waals surface area contributed by atoms with Gasteiger partial charge in [0, 0.05) is 29.2 Å². The van der Waals surface area contributed by atoms with Crippen LogP contribution in [0.1, 0.15) is 54.5 Å². The second-order valence-electron chi connectivity index (χ2n) is 7.97. The Labute approximate surface area is 193 Å². The first-order chi connectivity index (χ1) is 14.9. The average Bonchev–Trinajstić information content (AvgIpc) is 3.24. The van der Waals surface area contributed by atoms with Gasteiger partial charge in [0.15, 0.2) is 5.11 Å². The Hall–Kier alpha value is -2.57. The van der Waals surface area contributed by atoms with E-state index in [9.17, 15) is 5.11 Å². The van der Waals surface area contributed by atoms with Crippen LogP contribution in [0.25, 0.3) is 5.69 Å². The van der Waals surface area contributed by atoms with E-state index in [1.165, 1.54) is 0 Å². The molecule has 0 unspecified atom stereocenters. The van der Waals surface area contributed by atoms with E-state index in [-0.39, 0.29) is 17.8 Å². The Morgan fingerprint density at radius 2 is 2.00 bits per heavy atom. The number of pyridine rings is 1. The molecule has 2 N–H and O–H groups in total. The molecule has 0 saturated carbocycles. The number of benzene rings is 1. The summed E-state index contributed by atoms with van der Waals surface area (Å²) >= 11 is 12.0. The molecule has 2 aromatic heterocycles. The van der Waals surface area contributed by atoms with Gasteiger partial charge in [0.2, 0.25) is 0 Å². The van der Waals surface area contributed by atoms with Gasteiger partial charge < -0.3 is 19.9 Å². The van der Waals surface area contributed by atoms with Crippen molar-refractivity contribution in [3.8, 4) is 11.4 Å². The van der Waals surface area contributed by atoms with Crippen LogP contribution in [-0.2, 0) is 0 Å². The Morgan fingerprint density at radius 3 is 2.71 bits per heavy atom. The van der Waals surface area contributed by atoms with Crippen molar-refractivity contribution in [2.45, 2.75) is 45.7 Å². The van der Waals surface area contributed by atoms with Gasteiger partial charge in [0.25, 0.3) is 0 Å². The maximum Gasteiger partial charge on any atom is 0.170 e. The standard InChI is InChI=1S/C24H27ClN4OS/c1-4-5-12-28-23(22(27-24(28)31)19-8-6-7-11-26-19)18-13-15(2)29(16(18)3)20-14-17(25)9-10-21(20)30/h6-11,13-14,22-23,30H,4-5,12H2,1-3H3,(H,27,31)/t22-,23+/m1/s1. The van der Waals surface area contributed by atoms with Gasteiger partial charge in [-0.15, -0.1) is 0 Å². The molecule has 0 amide bonds. The van der Waals surface area contributed by atoms with Crippen molar-refractivity contribution in [3.63, 3.8) is 0 Å². The SMILES string of the molecule is CCCCN1C(=S)N[C@H](c2ccccn2)[C@@H]1c1cc(C)n(-c2cc(Cl)ccc2O)c1C. The molecule has 4 rings (SSSR count). The van der Waals surface area contributed by atoms with E-state index in [0.29, 0.717) is 10.7 Å². The lowest BCUT2D eigenvalue weighted by molar-refractivity contribution is 0.312. The van der Waals surface area contributed by atoms with E-state index < -0.39 is 0 Å². The van der Waals surface area contributed by atoms with E-state index in [4.69, 9.17) is 23.8 Å². The van der Waals surface area contributed by atoms with Gasteiger partial charge in [0.1, 0.15) is 5.75 Å². The number of thiocarbonyl (C=S) groups is 1. The molecule has 7 heteroatoms.